The van der Waals surface area contributed by atoms with Crippen LogP contribution in [0, 0.1) is 0 Å². The maximum absolute atomic E-state index is 11.4. The van der Waals surface area contributed by atoms with Gasteiger partial charge in [0.25, 0.3) is 0 Å². The predicted octanol–water partition coefficient (Wildman–Crippen LogP) is -1.04. The van der Waals surface area contributed by atoms with Gasteiger partial charge in [-0.25, -0.2) is 21.6 Å². The maximum atomic E-state index is 11.4. The molecule has 17 heavy (non-hydrogen) atoms. The lowest BCUT2D eigenvalue weighted by molar-refractivity contribution is -0.136. The smallest absolute Gasteiger partial charge is 0.304 e. The Morgan fingerprint density at radius 1 is 1.41 bits per heavy atom. The van der Waals surface area contributed by atoms with Crippen molar-refractivity contribution in [1.82, 2.24) is 4.72 Å². The molecule has 1 rings (SSSR count). The molecular weight excluding hydrogens is 270 g/mol. The van der Waals surface area contributed by atoms with Crippen molar-refractivity contribution in [3.63, 3.8) is 0 Å². The largest absolute Gasteiger partial charge is 0.481 e. The molecule has 0 aromatic heterocycles. The van der Waals surface area contributed by atoms with Gasteiger partial charge in [-0.15, -0.1) is 0 Å². The van der Waals surface area contributed by atoms with Gasteiger partial charge in [0.15, 0.2) is 9.84 Å². The van der Waals surface area contributed by atoms with E-state index in [9.17, 15) is 21.6 Å². The number of hydrogen-bond acceptors (Lipinski definition) is 5. The Kier molecular flexibility index (Phi) is 4.50. The van der Waals surface area contributed by atoms with Crippen LogP contribution in [-0.2, 0) is 24.7 Å². The first kappa shape index (κ1) is 14.4. The van der Waals surface area contributed by atoms with Gasteiger partial charge in [-0.2, -0.15) is 0 Å². The Balaban J connectivity index is 2.56. The molecule has 9 heteroatoms. The molecule has 0 radical (unpaired) electrons. The van der Waals surface area contributed by atoms with Crippen molar-refractivity contribution in [1.29, 1.82) is 0 Å². The number of hydrogen-bond donors (Lipinski definition) is 2. The number of carbonyl (C=O) groups is 1. The summed E-state index contributed by atoms with van der Waals surface area (Å²) in [5.41, 5.74) is 0. The molecule has 0 spiro atoms. The second-order valence-corrected chi connectivity index (χ2v) is 8.14. The minimum Gasteiger partial charge on any atom is -0.481 e. The summed E-state index contributed by atoms with van der Waals surface area (Å²) in [5.74, 6) is -1.86. The summed E-state index contributed by atoms with van der Waals surface area (Å²) in [6, 6.07) is -0.632. The van der Waals surface area contributed by atoms with E-state index in [1.165, 1.54) is 0 Å². The number of aliphatic carboxylic acids is 1. The van der Waals surface area contributed by atoms with Crippen LogP contribution in [-0.4, -0.2) is 51.2 Å². The van der Waals surface area contributed by atoms with Crippen molar-refractivity contribution in [3.05, 3.63) is 0 Å². The van der Waals surface area contributed by atoms with Crippen molar-refractivity contribution < 1.29 is 26.7 Å². The normalized spacial score (nSPS) is 24.4. The average molecular weight is 285 g/mol. The average Bonchev–Trinajstić information content (AvgIpc) is 2.12. The number of sulfonamides is 1. The first-order valence-electron chi connectivity index (χ1n) is 5.12. The zero-order chi connectivity index (χ0) is 13.1. The summed E-state index contributed by atoms with van der Waals surface area (Å²) < 4.78 is 47.7. The number of nitrogens with one attached hydrogen (secondary N) is 1. The third-order valence-electron chi connectivity index (χ3n) is 2.39. The summed E-state index contributed by atoms with van der Waals surface area (Å²) in [6.07, 6.45) is 0.398. The van der Waals surface area contributed by atoms with E-state index >= 15 is 0 Å². The van der Waals surface area contributed by atoms with E-state index < -0.39 is 44.0 Å². The van der Waals surface area contributed by atoms with Crippen LogP contribution >= 0.6 is 0 Å². The Bertz CT molecular complexity index is 480. The molecule has 1 aliphatic rings. The monoisotopic (exact) mass is 285 g/mol. The van der Waals surface area contributed by atoms with Crippen LogP contribution in [0.15, 0.2) is 0 Å². The summed E-state index contributed by atoms with van der Waals surface area (Å²) in [7, 11) is -6.90. The van der Waals surface area contributed by atoms with Crippen LogP contribution in [0.3, 0.4) is 0 Å². The molecule has 0 aliphatic carbocycles. The van der Waals surface area contributed by atoms with Gasteiger partial charge in [-0.1, -0.05) is 0 Å². The third kappa shape index (κ3) is 5.46. The summed E-state index contributed by atoms with van der Waals surface area (Å²) in [6.45, 7) is 0. The van der Waals surface area contributed by atoms with Crippen LogP contribution < -0.4 is 4.72 Å². The van der Waals surface area contributed by atoms with Gasteiger partial charge in [-0.3, -0.25) is 4.79 Å². The number of carboxylic acids is 1. The van der Waals surface area contributed by atoms with Crippen LogP contribution in [0.25, 0.3) is 0 Å². The van der Waals surface area contributed by atoms with Crippen molar-refractivity contribution in [2.75, 3.05) is 17.3 Å². The minimum atomic E-state index is -3.72. The molecule has 0 saturated carbocycles. The fourth-order valence-corrected chi connectivity index (χ4v) is 4.66. The molecule has 1 fully saturated rings. The Morgan fingerprint density at radius 3 is 2.59 bits per heavy atom. The molecule has 0 amide bonds. The van der Waals surface area contributed by atoms with Gasteiger partial charge in [-0.05, 0) is 12.8 Å². The highest BCUT2D eigenvalue weighted by molar-refractivity contribution is 7.91. The van der Waals surface area contributed by atoms with E-state index in [4.69, 9.17) is 5.11 Å². The molecule has 2 N–H and O–H groups in total. The molecule has 7 nitrogen and oxygen atoms in total. The van der Waals surface area contributed by atoms with E-state index in [2.05, 4.69) is 4.72 Å². The van der Waals surface area contributed by atoms with Crippen LogP contribution in [0.1, 0.15) is 19.3 Å². The van der Waals surface area contributed by atoms with Crippen molar-refractivity contribution in [3.8, 4) is 0 Å². The maximum Gasteiger partial charge on any atom is 0.304 e. The molecular formula is C8H15NO6S2. The van der Waals surface area contributed by atoms with Crippen molar-refractivity contribution >= 4 is 25.8 Å². The van der Waals surface area contributed by atoms with E-state index in [1.807, 2.05) is 0 Å². The first-order chi connectivity index (χ1) is 7.70. The molecule has 1 atom stereocenters. The highest BCUT2D eigenvalue weighted by atomic mass is 32.2. The van der Waals surface area contributed by atoms with Gasteiger partial charge >= 0.3 is 5.97 Å². The lowest BCUT2D eigenvalue weighted by Gasteiger charge is -2.22. The molecule has 1 unspecified atom stereocenters. The van der Waals surface area contributed by atoms with Gasteiger partial charge in [0.2, 0.25) is 10.0 Å². The molecule has 0 aromatic rings. The van der Waals surface area contributed by atoms with Crippen molar-refractivity contribution in [2.24, 2.45) is 0 Å². The standard InChI is InChI=1S/C8H15NO6S2/c10-8(11)3-5-17(14,15)9-7-2-1-4-16(12,13)6-7/h7,9H,1-6H2,(H,10,11). The summed E-state index contributed by atoms with van der Waals surface area (Å²) in [5, 5.41) is 8.38. The number of sulfone groups is 1. The fourth-order valence-electron chi connectivity index (χ4n) is 1.65. The van der Waals surface area contributed by atoms with E-state index in [1.54, 1.807) is 0 Å². The molecule has 1 saturated heterocycles. The quantitative estimate of drug-likeness (QED) is 0.666. The van der Waals surface area contributed by atoms with Gasteiger partial charge < -0.3 is 5.11 Å². The lowest BCUT2D eigenvalue weighted by atomic mass is 10.2. The lowest BCUT2D eigenvalue weighted by Crippen LogP contribution is -2.44. The summed E-state index contributed by atoms with van der Waals surface area (Å²) >= 11 is 0. The second-order valence-electron chi connectivity index (χ2n) is 4.03. The van der Waals surface area contributed by atoms with Crippen LogP contribution in [0.5, 0.6) is 0 Å². The fraction of sp³-hybridized carbons (Fsp3) is 0.875. The zero-order valence-electron chi connectivity index (χ0n) is 9.12. The van der Waals surface area contributed by atoms with Gasteiger partial charge in [0.1, 0.15) is 0 Å². The number of carboxylic acid groups (broad SMARTS) is 1. The first-order valence-corrected chi connectivity index (χ1v) is 8.60. The summed E-state index contributed by atoms with van der Waals surface area (Å²) in [4.78, 5) is 10.3. The van der Waals surface area contributed by atoms with Crippen LogP contribution in [0.2, 0.25) is 0 Å². The molecule has 100 valence electrons. The van der Waals surface area contributed by atoms with Gasteiger partial charge in [0, 0.05) is 6.04 Å². The Morgan fingerprint density at radius 2 is 2.06 bits per heavy atom. The molecule has 1 heterocycles. The molecule has 0 bridgehead atoms. The third-order valence-corrected chi connectivity index (χ3v) is 5.65. The number of rotatable bonds is 5. The minimum absolute atomic E-state index is 0.0837. The zero-order valence-corrected chi connectivity index (χ0v) is 10.8. The van der Waals surface area contributed by atoms with E-state index in [-0.39, 0.29) is 11.5 Å². The topological polar surface area (TPSA) is 118 Å². The van der Waals surface area contributed by atoms with E-state index in [0.717, 1.165) is 0 Å². The predicted molar refractivity (Wildman–Crippen MR) is 60.9 cm³/mol. The highest BCUT2D eigenvalue weighted by Crippen LogP contribution is 2.13. The molecule has 0 aromatic carbocycles. The molecule has 1 aliphatic heterocycles. The van der Waals surface area contributed by atoms with E-state index in [0.29, 0.717) is 12.8 Å². The Hall–Kier alpha value is -0.670. The van der Waals surface area contributed by atoms with Crippen molar-refractivity contribution in [2.45, 2.75) is 25.3 Å². The second kappa shape index (κ2) is 5.32. The Labute approximate surface area is 100 Å². The van der Waals surface area contributed by atoms with Gasteiger partial charge in [0.05, 0.1) is 23.7 Å². The SMILES string of the molecule is O=C(O)CCS(=O)(=O)NC1CCCS(=O)(=O)C1. The highest BCUT2D eigenvalue weighted by Gasteiger charge is 2.28. The van der Waals surface area contributed by atoms with Crippen LogP contribution in [0.4, 0.5) is 0 Å².